The van der Waals surface area contributed by atoms with E-state index >= 15 is 0 Å². The fraction of sp³-hybridized carbons (Fsp3) is 0.733. The minimum absolute atomic E-state index is 0.170. The van der Waals surface area contributed by atoms with Crippen LogP contribution in [0.2, 0.25) is 0 Å². The third-order valence-electron chi connectivity index (χ3n) is 8.03. The summed E-state index contributed by atoms with van der Waals surface area (Å²) in [5, 5.41) is 0. The van der Waals surface area contributed by atoms with Gasteiger partial charge in [0.1, 0.15) is 0 Å². The van der Waals surface area contributed by atoms with Crippen molar-refractivity contribution in [1.29, 1.82) is 0 Å². The maximum Gasteiger partial charge on any atom is 0.165 e. The Hall–Kier alpha value is -1.31. The van der Waals surface area contributed by atoms with Gasteiger partial charge in [-0.25, -0.2) is 4.39 Å². The number of rotatable bonds is 13. The van der Waals surface area contributed by atoms with Crippen molar-refractivity contribution < 1.29 is 9.13 Å². The molecule has 1 aromatic carbocycles. The largest absolute Gasteiger partial charge is 0.491 e. The number of allylic oxidation sites excluding steroid dienone is 2. The normalized spacial score (nSPS) is 24.4. The van der Waals surface area contributed by atoms with E-state index < -0.39 is 0 Å². The van der Waals surface area contributed by atoms with Gasteiger partial charge in [0.05, 0.1) is 6.61 Å². The lowest BCUT2D eigenvalue weighted by molar-refractivity contribution is 0.209. The van der Waals surface area contributed by atoms with E-state index in [1.807, 2.05) is 6.07 Å². The predicted molar refractivity (Wildman–Crippen MR) is 135 cm³/mol. The quantitative estimate of drug-likeness (QED) is 0.218. The monoisotopic (exact) mass is 442 g/mol. The van der Waals surface area contributed by atoms with Crippen molar-refractivity contribution in [3.05, 3.63) is 41.7 Å². The van der Waals surface area contributed by atoms with Crippen LogP contribution in [0.15, 0.2) is 30.4 Å². The van der Waals surface area contributed by atoms with Crippen LogP contribution in [0.4, 0.5) is 4.39 Å². The van der Waals surface area contributed by atoms with Crippen LogP contribution in [0.1, 0.15) is 122 Å². The van der Waals surface area contributed by atoms with Crippen LogP contribution >= 0.6 is 0 Å². The van der Waals surface area contributed by atoms with Crippen molar-refractivity contribution in [2.24, 2.45) is 17.8 Å². The summed E-state index contributed by atoms with van der Waals surface area (Å²) in [6.07, 6.45) is 24.0. The van der Waals surface area contributed by atoms with E-state index in [0.717, 1.165) is 24.7 Å². The molecule has 1 aromatic rings. The first kappa shape index (κ1) is 25.3. The molecular formula is C30H47FO. The second-order valence-corrected chi connectivity index (χ2v) is 10.5. The molecule has 0 saturated heterocycles. The first-order valence-corrected chi connectivity index (χ1v) is 13.8. The van der Waals surface area contributed by atoms with Crippen molar-refractivity contribution in [3.8, 4) is 5.75 Å². The maximum atomic E-state index is 14.9. The molecule has 1 saturated carbocycles. The van der Waals surface area contributed by atoms with Gasteiger partial charge < -0.3 is 4.74 Å². The van der Waals surface area contributed by atoms with Gasteiger partial charge in [-0.2, -0.15) is 0 Å². The molecule has 32 heavy (non-hydrogen) atoms. The molecule has 0 spiro atoms. The molecule has 1 nitrogen and oxygen atoms in total. The Kier molecular flexibility index (Phi) is 11.1. The van der Waals surface area contributed by atoms with Crippen LogP contribution in [-0.4, -0.2) is 6.61 Å². The van der Waals surface area contributed by atoms with Crippen LogP contribution in [0.3, 0.4) is 0 Å². The molecule has 0 aliphatic heterocycles. The highest BCUT2D eigenvalue weighted by Crippen LogP contribution is 2.44. The topological polar surface area (TPSA) is 9.23 Å². The summed E-state index contributed by atoms with van der Waals surface area (Å²) in [4.78, 5) is 0. The number of benzene rings is 1. The Morgan fingerprint density at radius 1 is 0.906 bits per heavy atom. The molecule has 1 fully saturated rings. The zero-order valence-electron chi connectivity index (χ0n) is 20.8. The first-order valence-electron chi connectivity index (χ1n) is 13.8. The van der Waals surface area contributed by atoms with E-state index in [2.05, 4.69) is 32.1 Å². The van der Waals surface area contributed by atoms with Crippen LogP contribution in [0, 0.1) is 23.6 Å². The molecule has 2 aliphatic rings. The molecule has 2 aliphatic carbocycles. The predicted octanol–water partition coefficient (Wildman–Crippen LogP) is 9.61. The fourth-order valence-corrected chi connectivity index (χ4v) is 5.96. The molecule has 0 aromatic heterocycles. The zero-order chi connectivity index (χ0) is 22.6. The first-order chi connectivity index (χ1) is 15.7. The van der Waals surface area contributed by atoms with Gasteiger partial charge in [0, 0.05) is 0 Å². The van der Waals surface area contributed by atoms with Crippen LogP contribution in [-0.2, 0) is 0 Å². The molecule has 0 amide bonds. The zero-order valence-corrected chi connectivity index (χ0v) is 20.8. The van der Waals surface area contributed by atoms with E-state index in [-0.39, 0.29) is 5.82 Å². The summed E-state index contributed by atoms with van der Waals surface area (Å²) in [6, 6.07) is 5.87. The minimum atomic E-state index is -0.170. The van der Waals surface area contributed by atoms with Gasteiger partial charge in [0.15, 0.2) is 11.6 Å². The Morgan fingerprint density at radius 3 is 2.41 bits per heavy atom. The maximum absolute atomic E-state index is 14.9. The smallest absolute Gasteiger partial charge is 0.165 e. The highest BCUT2D eigenvalue weighted by Gasteiger charge is 2.31. The molecule has 0 heterocycles. The number of halogens is 1. The summed E-state index contributed by atoms with van der Waals surface area (Å²) in [5.41, 5.74) is 1.21. The molecule has 3 rings (SSSR count). The van der Waals surface area contributed by atoms with E-state index in [1.54, 1.807) is 6.07 Å². The van der Waals surface area contributed by atoms with Gasteiger partial charge in [-0.1, -0.05) is 83.4 Å². The van der Waals surface area contributed by atoms with Crippen LogP contribution < -0.4 is 4.74 Å². The van der Waals surface area contributed by atoms with E-state index in [9.17, 15) is 4.39 Å². The number of hydrogen-bond acceptors (Lipinski definition) is 1. The minimum Gasteiger partial charge on any atom is -0.491 e. The SMILES string of the molecule is CCCCCCC1CCC(C(CC2CC=CCC2)c2ccc(OCCCC)c(F)c2)CC1. The molecular weight excluding hydrogens is 395 g/mol. The summed E-state index contributed by atoms with van der Waals surface area (Å²) in [6.45, 7) is 5.03. The van der Waals surface area contributed by atoms with Gasteiger partial charge in [-0.05, 0) is 86.3 Å². The Bertz CT molecular complexity index is 673. The van der Waals surface area contributed by atoms with Crippen molar-refractivity contribution in [3.63, 3.8) is 0 Å². The number of ether oxygens (including phenoxy) is 1. The van der Waals surface area contributed by atoms with E-state index in [0.29, 0.717) is 24.2 Å². The van der Waals surface area contributed by atoms with Gasteiger partial charge >= 0.3 is 0 Å². The number of unbranched alkanes of at least 4 members (excludes halogenated alkanes) is 4. The second kappa shape index (κ2) is 14.1. The van der Waals surface area contributed by atoms with Crippen LogP contribution in [0.25, 0.3) is 0 Å². The molecule has 180 valence electrons. The lowest BCUT2D eigenvalue weighted by atomic mass is 9.69. The van der Waals surface area contributed by atoms with Crippen LogP contribution in [0.5, 0.6) is 5.75 Å². The molecule has 0 bridgehead atoms. The summed E-state index contributed by atoms with van der Waals surface area (Å²) in [7, 11) is 0. The second-order valence-electron chi connectivity index (χ2n) is 10.5. The summed E-state index contributed by atoms with van der Waals surface area (Å²) < 4.78 is 20.6. The lowest BCUT2D eigenvalue weighted by Crippen LogP contribution is -2.23. The molecule has 2 atom stereocenters. The third-order valence-corrected chi connectivity index (χ3v) is 8.03. The molecule has 0 radical (unpaired) electrons. The average molecular weight is 443 g/mol. The van der Waals surface area contributed by atoms with Gasteiger partial charge in [-0.3, -0.25) is 0 Å². The van der Waals surface area contributed by atoms with Gasteiger partial charge in [0.2, 0.25) is 0 Å². The van der Waals surface area contributed by atoms with Gasteiger partial charge in [-0.15, -0.1) is 0 Å². The lowest BCUT2D eigenvalue weighted by Gasteiger charge is -2.36. The molecule has 2 unspecified atom stereocenters. The third kappa shape index (κ3) is 7.92. The Labute approximate surface area is 197 Å². The van der Waals surface area contributed by atoms with Crippen molar-refractivity contribution in [2.75, 3.05) is 6.61 Å². The fourth-order valence-electron chi connectivity index (χ4n) is 5.96. The van der Waals surface area contributed by atoms with Crippen molar-refractivity contribution in [2.45, 2.75) is 116 Å². The molecule has 0 N–H and O–H groups in total. The molecule has 2 heteroatoms. The highest BCUT2D eigenvalue weighted by atomic mass is 19.1. The summed E-state index contributed by atoms with van der Waals surface area (Å²) >= 11 is 0. The standard InChI is InChI=1S/C30H47FO/c1-3-5-7-9-12-24-15-17-26(18-16-24)28(22-25-13-10-8-11-14-25)27-19-20-30(29(31)23-27)32-21-6-4-2/h8,10,19-20,23-26,28H,3-7,9,11-18,21-22H2,1-2H3. The Balaban J connectivity index is 1.63. The highest BCUT2D eigenvalue weighted by molar-refractivity contribution is 5.32. The van der Waals surface area contributed by atoms with E-state index in [4.69, 9.17) is 4.74 Å². The van der Waals surface area contributed by atoms with Crippen molar-refractivity contribution >= 4 is 0 Å². The average Bonchev–Trinajstić information content (AvgIpc) is 2.83. The van der Waals surface area contributed by atoms with Crippen molar-refractivity contribution in [1.82, 2.24) is 0 Å². The Morgan fingerprint density at radius 2 is 1.72 bits per heavy atom. The number of hydrogen-bond donors (Lipinski definition) is 0. The van der Waals surface area contributed by atoms with E-state index in [1.165, 1.54) is 89.0 Å². The van der Waals surface area contributed by atoms with Gasteiger partial charge in [0.25, 0.3) is 0 Å². The summed E-state index contributed by atoms with van der Waals surface area (Å²) in [5.74, 6) is 3.13.